The second-order valence-corrected chi connectivity index (χ2v) is 6.54. The lowest BCUT2D eigenvalue weighted by atomic mass is 10.2. The number of aromatic hydroxyl groups is 1. The Morgan fingerprint density at radius 3 is 2.87 bits per heavy atom. The van der Waals surface area contributed by atoms with E-state index in [2.05, 4.69) is 47.4 Å². The maximum Gasteiger partial charge on any atom is 0.275 e. The molecular formula is C16H11Br2N3O2. The van der Waals surface area contributed by atoms with Crippen molar-refractivity contribution in [1.29, 1.82) is 0 Å². The maximum absolute atomic E-state index is 12.1. The number of H-pyrrole nitrogens is 1. The number of carbonyl (C=O) groups excluding carboxylic acids is 1. The fraction of sp³-hybridized carbons (Fsp3) is 0. The molecule has 1 amide bonds. The normalized spacial score (nSPS) is 11.2. The van der Waals surface area contributed by atoms with Gasteiger partial charge in [0.15, 0.2) is 0 Å². The smallest absolute Gasteiger partial charge is 0.275 e. The van der Waals surface area contributed by atoms with E-state index in [0.717, 1.165) is 16.5 Å². The Hall–Kier alpha value is -2.12. The van der Waals surface area contributed by atoms with Crippen LogP contribution < -0.4 is 5.43 Å². The molecule has 0 fully saturated rings. The number of carbonyl (C=O) groups is 1. The number of nitrogens with one attached hydrogen (secondary N) is 2. The highest BCUT2D eigenvalue weighted by Crippen LogP contribution is 2.31. The van der Waals surface area contributed by atoms with Crippen LogP contribution in [0.2, 0.25) is 0 Å². The van der Waals surface area contributed by atoms with Crippen molar-refractivity contribution in [2.75, 3.05) is 0 Å². The summed E-state index contributed by atoms with van der Waals surface area (Å²) < 4.78 is 1.10. The molecule has 1 aromatic heterocycles. The van der Waals surface area contributed by atoms with Crippen molar-refractivity contribution < 1.29 is 9.90 Å². The summed E-state index contributed by atoms with van der Waals surface area (Å²) in [5.41, 5.74) is 4.40. The van der Waals surface area contributed by atoms with Gasteiger partial charge in [0.25, 0.3) is 5.91 Å². The predicted molar refractivity (Wildman–Crippen MR) is 96.9 cm³/mol. The molecule has 1 heterocycles. The Bertz CT molecular complexity index is 919. The predicted octanol–water partition coefficient (Wildman–Crippen LogP) is 4.16. The number of amides is 1. The molecule has 0 unspecified atom stereocenters. The van der Waals surface area contributed by atoms with Gasteiger partial charge in [0.05, 0.1) is 16.3 Å². The number of aromatic amines is 1. The first-order valence-electron chi connectivity index (χ1n) is 6.64. The van der Waals surface area contributed by atoms with Crippen molar-refractivity contribution in [2.24, 2.45) is 5.10 Å². The van der Waals surface area contributed by atoms with Crippen molar-refractivity contribution in [2.45, 2.75) is 0 Å². The highest BCUT2D eigenvalue weighted by atomic mass is 79.9. The molecule has 0 radical (unpaired) electrons. The van der Waals surface area contributed by atoms with Crippen LogP contribution in [0.1, 0.15) is 15.9 Å². The largest absolute Gasteiger partial charge is 0.506 e. The van der Waals surface area contributed by atoms with Crippen LogP contribution in [0.25, 0.3) is 10.9 Å². The Kier molecular flexibility index (Phi) is 4.49. The number of nitrogens with zero attached hydrogens (tertiary/aromatic N) is 1. The summed E-state index contributed by atoms with van der Waals surface area (Å²) in [5.74, 6) is -0.631. The van der Waals surface area contributed by atoms with E-state index >= 15 is 0 Å². The van der Waals surface area contributed by atoms with E-state index < -0.39 is 5.91 Å². The number of phenols is 1. The first kappa shape index (κ1) is 15.8. The van der Waals surface area contributed by atoms with Gasteiger partial charge in [-0.15, -0.1) is 0 Å². The van der Waals surface area contributed by atoms with E-state index in [1.54, 1.807) is 12.3 Å². The molecule has 5 nitrogen and oxygen atoms in total. The van der Waals surface area contributed by atoms with Crippen molar-refractivity contribution in [3.63, 3.8) is 0 Å². The summed E-state index contributed by atoms with van der Waals surface area (Å²) in [6, 6.07) is 11.0. The molecule has 0 aliphatic heterocycles. The molecule has 0 spiro atoms. The zero-order chi connectivity index (χ0) is 16.4. The number of hydrogen-bond acceptors (Lipinski definition) is 3. The van der Waals surface area contributed by atoms with Gasteiger partial charge >= 0.3 is 0 Å². The van der Waals surface area contributed by atoms with Crippen molar-refractivity contribution in [3.05, 3.63) is 62.7 Å². The number of aromatic nitrogens is 1. The second-order valence-electron chi connectivity index (χ2n) is 4.77. The molecule has 3 rings (SSSR count). The topological polar surface area (TPSA) is 77.5 Å². The third-order valence-corrected chi connectivity index (χ3v) is 4.33. The molecular weight excluding hydrogens is 426 g/mol. The summed E-state index contributed by atoms with van der Waals surface area (Å²) in [5, 5.41) is 14.9. The fourth-order valence-electron chi connectivity index (χ4n) is 2.16. The van der Waals surface area contributed by atoms with Crippen LogP contribution in [-0.4, -0.2) is 22.2 Å². The van der Waals surface area contributed by atoms with Crippen molar-refractivity contribution in [3.8, 4) is 5.75 Å². The number of phenolic OH excluding ortho intramolecular Hbond substituents is 1. The van der Waals surface area contributed by atoms with Crippen LogP contribution in [0.3, 0.4) is 0 Å². The van der Waals surface area contributed by atoms with Crippen LogP contribution >= 0.6 is 31.9 Å². The molecule has 7 heteroatoms. The lowest BCUT2D eigenvalue weighted by Gasteiger charge is -2.05. The minimum absolute atomic E-state index is 0.127. The summed E-state index contributed by atoms with van der Waals surface area (Å²) in [7, 11) is 0. The minimum atomic E-state index is -0.499. The van der Waals surface area contributed by atoms with Gasteiger partial charge in [0.2, 0.25) is 0 Å². The Morgan fingerprint density at radius 2 is 2.04 bits per heavy atom. The van der Waals surface area contributed by atoms with E-state index in [1.165, 1.54) is 6.07 Å². The number of hydrogen-bond donors (Lipinski definition) is 3. The van der Waals surface area contributed by atoms with E-state index in [-0.39, 0.29) is 11.3 Å². The Morgan fingerprint density at radius 1 is 1.26 bits per heavy atom. The number of hydrazone groups is 1. The summed E-state index contributed by atoms with van der Waals surface area (Å²) in [6.07, 6.45) is 3.37. The van der Waals surface area contributed by atoms with E-state index in [0.29, 0.717) is 8.95 Å². The van der Waals surface area contributed by atoms with Gasteiger partial charge < -0.3 is 10.1 Å². The van der Waals surface area contributed by atoms with Gasteiger partial charge in [0.1, 0.15) is 5.75 Å². The summed E-state index contributed by atoms with van der Waals surface area (Å²) >= 11 is 6.47. The van der Waals surface area contributed by atoms with Crippen molar-refractivity contribution >= 4 is 54.9 Å². The van der Waals surface area contributed by atoms with Crippen LogP contribution in [0.15, 0.2) is 56.6 Å². The number of fused-ring (bicyclic) bond motifs is 1. The Balaban J connectivity index is 1.79. The quantitative estimate of drug-likeness (QED) is 0.425. The van der Waals surface area contributed by atoms with Crippen LogP contribution in [0.5, 0.6) is 5.75 Å². The van der Waals surface area contributed by atoms with Crippen molar-refractivity contribution in [1.82, 2.24) is 10.4 Å². The third-order valence-electron chi connectivity index (χ3n) is 3.26. The van der Waals surface area contributed by atoms with Gasteiger partial charge in [-0.05, 0) is 34.1 Å². The summed E-state index contributed by atoms with van der Waals surface area (Å²) in [6.45, 7) is 0. The summed E-state index contributed by atoms with van der Waals surface area (Å²) in [4.78, 5) is 15.3. The van der Waals surface area contributed by atoms with Gasteiger partial charge in [-0.25, -0.2) is 5.43 Å². The average molecular weight is 437 g/mol. The Labute approximate surface area is 148 Å². The number of para-hydroxylation sites is 1. The molecule has 2 aromatic carbocycles. The van der Waals surface area contributed by atoms with Gasteiger partial charge in [-0.3, -0.25) is 4.79 Å². The average Bonchev–Trinajstić information content (AvgIpc) is 2.94. The minimum Gasteiger partial charge on any atom is -0.506 e. The maximum atomic E-state index is 12.1. The first-order chi connectivity index (χ1) is 11.1. The first-order valence-corrected chi connectivity index (χ1v) is 8.22. The zero-order valence-corrected chi connectivity index (χ0v) is 14.8. The molecule has 3 N–H and O–H groups in total. The monoisotopic (exact) mass is 435 g/mol. The van der Waals surface area contributed by atoms with E-state index in [1.807, 2.05) is 30.5 Å². The third kappa shape index (κ3) is 3.30. The number of halogens is 2. The van der Waals surface area contributed by atoms with Gasteiger partial charge in [-0.2, -0.15) is 5.10 Å². The fourth-order valence-corrected chi connectivity index (χ4v) is 3.39. The van der Waals surface area contributed by atoms with Gasteiger partial charge in [0, 0.05) is 27.1 Å². The lowest BCUT2D eigenvalue weighted by Crippen LogP contribution is -2.17. The molecule has 116 valence electrons. The second kappa shape index (κ2) is 6.55. The van der Waals surface area contributed by atoms with Gasteiger partial charge in [-0.1, -0.05) is 34.1 Å². The highest BCUT2D eigenvalue weighted by Gasteiger charge is 2.14. The molecule has 0 aliphatic carbocycles. The SMILES string of the molecule is O=C(NN=Cc1c[nH]c2ccccc12)c1cc(Br)cc(Br)c1O. The molecule has 0 saturated carbocycles. The highest BCUT2D eigenvalue weighted by molar-refractivity contribution is 9.11. The molecule has 0 aliphatic rings. The van der Waals surface area contributed by atoms with E-state index in [4.69, 9.17) is 0 Å². The van der Waals surface area contributed by atoms with Crippen LogP contribution in [0.4, 0.5) is 0 Å². The molecule has 0 bridgehead atoms. The number of benzene rings is 2. The van der Waals surface area contributed by atoms with Crippen LogP contribution in [0, 0.1) is 0 Å². The molecule has 0 atom stereocenters. The molecule has 23 heavy (non-hydrogen) atoms. The standard InChI is InChI=1S/C16H11Br2N3O2/c17-10-5-12(15(22)13(18)6-10)16(23)21-20-8-9-7-19-14-4-2-1-3-11(9)14/h1-8,19,22H,(H,21,23). The van der Waals surface area contributed by atoms with Crippen LogP contribution in [-0.2, 0) is 0 Å². The lowest BCUT2D eigenvalue weighted by molar-refractivity contribution is 0.0952. The zero-order valence-electron chi connectivity index (χ0n) is 11.7. The molecule has 3 aromatic rings. The molecule has 0 saturated heterocycles. The number of rotatable bonds is 3. The van der Waals surface area contributed by atoms with E-state index in [9.17, 15) is 9.90 Å².